The molecule has 158 valence electrons. The second-order valence-corrected chi connectivity index (χ2v) is 6.62. The van der Waals surface area contributed by atoms with Gasteiger partial charge in [0.25, 0.3) is 5.91 Å². The van der Waals surface area contributed by atoms with Crippen molar-refractivity contribution in [1.82, 2.24) is 0 Å². The normalized spacial score (nSPS) is 10.2. The third kappa shape index (κ3) is 6.50. The molecule has 0 heterocycles. The first-order valence-corrected chi connectivity index (χ1v) is 9.67. The molecule has 0 atom stereocenters. The lowest BCUT2D eigenvalue weighted by atomic mass is 10.2. The summed E-state index contributed by atoms with van der Waals surface area (Å²) in [6.07, 6.45) is -0.249. The first kappa shape index (κ1) is 21.7. The van der Waals surface area contributed by atoms with Crippen LogP contribution in [0.25, 0.3) is 0 Å². The Morgan fingerprint density at radius 1 is 0.774 bits per heavy atom. The third-order valence-electron chi connectivity index (χ3n) is 4.31. The van der Waals surface area contributed by atoms with Crippen LogP contribution in [0.15, 0.2) is 84.9 Å². The molecule has 3 aromatic rings. The van der Waals surface area contributed by atoms with Crippen molar-refractivity contribution >= 4 is 34.8 Å². The standard InChI is InChI=1S/C24H21FN2O4/c25-18-11-13-19(14-12-18)26-22(28)17-31-24(30)16-15-23(29)27(20-7-3-1-4-8-20)21-9-5-2-6-10-21/h1-14H,15-17H2,(H,26,28). The van der Waals surface area contributed by atoms with E-state index in [-0.39, 0.29) is 18.7 Å². The number of hydrogen-bond donors (Lipinski definition) is 1. The fourth-order valence-electron chi connectivity index (χ4n) is 2.86. The summed E-state index contributed by atoms with van der Waals surface area (Å²) in [5.74, 6) is -1.91. The molecular weight excluding hydrogens is 399 g/mol. The average molecular weight is 420 g/mol. The summed E-state index contributed by atoms with van der Waals surface area (Å²) in [5, 5.41) is 2.49. The Morgan fingerprint density at radius 2 is 1.32 bits per heavy atom. The maximum Gasteiger partial charge on any atom is 0.306 e. The van der Waals surface area contributed by atoms with Crippen molar-refractivity contribution < 1.29 is 23.5 Å². The summed E-state index contributed by atoms with van der Waals surface area (Å²) in [4.78, 5) is 38.3. The summed E-state index contributed by atoms with van der Waals surface area (Å²) in [5.41, 5.74) is 1.76. The largest absolute Gasteiger partial charge is 0.456 e. The minimum Gasteiger partial charge on any atom is -0.456 e. The van der Waals surface area contributed by atoms with Gasteiger partial charge in [-0.05, 0) is 48.5 Å². The Balaban J connectivity index is 1.52. The van der Waals surface area contributed by atoms with E-state index in [1.54, 1.807) is 0 Å². The molecular formula is C24H21FN2O4. The van der Waals surface area contributed by atoms with Gasteiger partial charge in [0.1, 0.15) is 5.82 Å². The molecule has 0 aliphatic carbocycles. The fraction of sp³-hybridized carbons (Fsp3) is 0.125. The molecule has 31 heavy (non-hydrogen) atoms. The highest BCUT2D eigenvalue weighted by Crippen LogP contribution is 2.26. The molecule has 2 amide bonds. The van der Waals surface area contributed by atoms with Crippen molar-refractivity contribution in [3.63, 3.8) is 0 Å². The number of carbonyl (C=O) groups excluding carboxylic acids is 3. The van der Waals surface area contributed by atoms with E-state index in [1.165, 1.54) is 29.2 Å². The van der Waals surface area contributed by atoms with Crippen LogP contribution in [-0.4, -0.2) is 24.4 Å². The van der Waals surface area contributed by atoms with Gasteiger partial charge < -0.3 is 10.1 Å². The highest BCUT2D eigenvalue weighted by molar-refractivity contribution is 6.01. The first-order chi connectivity index (χ1) is 15.0. The van der Waals surface area contributed by atoms with Gasteiger partial charge in [-0.1, -0.05) is 36.4 Å². The van der Waals surface area contributed by atoms with Gasteiger partial charge >= 0.3 is 5.97 Å². The van der Waals surface area contributed by atoms with Crippen molar-refractivity contribution in [2.75, 3.05) is 16.8 Å². The zero-order chi connectivity index (χ0) is 22.1. The van der Waals surface area contributed by atoms with E-state index in [1.807, 2.05) is 60.7 Å². The van der Waals surface area contributed by atoms with Crippen molar-refractivity contribution in [3.05, 3.63) is 90.7 Å². The zero-order valence-corrected chi connectivity index (χ0v) is 16.7. The van der Waals surface area contributed by atoms with Gasteiger partial charge in [0, 0.05) is 23.5 Å². The van der Waals surface area contributed by atoms with Gasteiger partial charge in [0.05, 0.1) is 6.42 Å². The second kappa shape index (κ2) is 10.7. The number of ether oxygens (including phenoxy) is 1. The molecule has 0 spiro atoms. The van der Waals surface area contributed by atoms with Crippen molar-refractivity contribution in [3.8, 4) is 0 Å². The van der Waals surface area contributed by atoms with Crippen molar-refractivity contribution in [2.24, 2.45) is 0 Å². The minimum atomic E-state index is -0.663. The van der Waals surface area contributed by atoms with E-state index in [2.05, 4.69) is 5.32 Å². The van der Waals surface area contributed by atoms with E-state index in [0.717, 1.165) is 0 Å². The summed E-state index contributed by atoms with van der Waals surface area (Å²) in [6.45, 7) is -0.495. The second-order valence-electron chi connectivity index (χ2n) is 6.62. The van der Waals surface area contributed by atoms with E-state index < -0.39 is 24.3 Å². The molecule has 6 nitrogen and oxygen atoms in total. The van der Waals surface area contributed by atoms with Crippen molar-refractivity contribution in [1.29, 1.82) is 0 Å². The molecule has 0 aliphatic heterocycles. The molecule has 0 bridgehead atoms. The minimum absolute atomic E-state index is 0.0811. The molecule has 3 rings (SSSR count). The number of halogens is 1. The molecule has 0 saturated carbocycles. The highest BCUT2D eigenvalue weighted by Gasteiger charge is 2.19. The van der Waals surface area contributed by atoms with Crippen LogP contribution in [0.1, 0.15) is 12.8 Å². The van der Waals surface area contributed by atoms with Crippen LogP contribution in [0.4, 0.5) is 21.5 Å². The Morgan fingerprint density at radius 3 is 1.87 bits per heavy atom. The number of benzene rings is 3. The Kier molecular flexibility index (Phi) is 7.48. The van der Waals surface area contributed by atoms with Crippen LogP contribution in [-0.2, 0) is 19.1 Å². The first-order valence-electron chi connectivity index (χ1n) is 9.67. The van der Waals surface area contributed by atoms with E-state index >= 15 is 0 Å². The number of nitrogens with zero attached hydrogens (tertiary/aromatic N) is 1. The summed E-state index contributed by atoms with van der Waals surface area (Å²) < 4.78 is 17.8. The quantitative estimate of drug-likeness (QED) is 0.546. The molecule has 0 aliphatic rings. The maximum absolute atomic E-state index is 12.9. The lowest BCUT2D eigenvalue weighted by molar-refractivity contribution is -0.148. The van der Waals surface area contributed by atoms with Gasteiger partial charge in [-0.3, -0.25) is 19.3 Å². The molecule has 1 N–H and O–H groups in total. The highest BCUT2D eigenvalue weighted by atomic mass is 19.1. The third-order valence-corrected chi connectivity index (χ3v) is 4.31. The van der Waals surface area contributed by atoms with Gasteiger partial charge in [-0.15, -0.1) is 0 Å². The van der Waals surface area contributed by atoms with E-state index in [0.29, 0.717) is 17.1 Å². The van der Waals surface area contributed by atoms with Gasteiger partial charge in [-0.25, -0.2) is 4.39 Å². The number of anilines is 3. The van der Waals surface area contributed by atoms with Crippen LogP contribution >= 0.6 is 0 Å². The SMILES string of the molecule is O=C(COC(=O)CCC(=O)N(c1ccccc1)c1ccccc1)Nc1ccc(F)cc1. The molecule has 0 aromatic heterocycles. The van der Waals surface area contributed by atoms with Crippen LogP contribution in [0.2, 0.25) is 0 Å². The number of carbonyl (C=O) groups is 3. The Hall–Kier alpha value is -4.00. The zero-order valence-electron chi connectivity index (χ0n) is 16.7. The lowest BCUT2D eigenvalue weighted by Crippen LogP contribution is -2.27. The molecule has 3 aromatic carbocycles. The number of amides is 2. The summed E-state index contributed by atoms with van der Waals surface area (Å²) >= 11 is 0. The van der Waals surface area contributed by atoms with Crippen LogP contribution in [0, 0.1) is 5.82 Å². The number of hydrogen-bond acceptors (Lipinski definition) is 4. The topological polar surface area (TPSA) is 75.7 Å². The number of esters is 1. The number of nitrogens with one attached hydrogen (secondary N) is 1. The van der Waals surface area contributed by atoms with Crippen LogP contribution in [0.3, 0.4) is 0 Å². The Labute approximate surface area is 179 Å². The predicted molar refractivity (Wildman–Crippen MR) is 115 cm³/mol. The summed E-state index contributed by atoms with van der Waals surface area (Å²) in [7, 11) is 0. The van der Waals surface area contributed by atoms with Crippen molar-refractivity contribution in [2.45, 2.75) is 12.8 Å². The smallest absolute Gasteiger partial charge is 0.306 e. The number of rotatable bonds is 8. The maximum atomic E-state index is 12.9. The fourth-order valence-corrected chi connectivity index (χ4v) is 2.86. The predicted octanol–water partition coefficient (Wildman–Crippen LogP) is 4.45. The van der Waals surface area contributed by atoms with E-state index in [4.69, 9.17) is 4.74 Å². The molecule has 7 heteroatoms. The summed E-state index contributed by atoms with van der Waals surface area (Å²) in [6, 6.07) is 23.5. The molecule has 0 saturated heterocycles. The lowest BCUT2D eigenvalue weighted by Gasteiger charge is -2.23. The molecule has 0 radical (unpaired) electrons. The van der Waals surface area contributed by atoms with Crippen LogP contribution < -0.4 is 10.2 Å². The molecule has 0 unspecified atom stereocenters. The van der Waals surface area contributed by atoms with Gasteiger partial charge in [0.2, 0.25) is 5.91 Å². The van der Waals surface area contributed by atoms with Gasteiger partial charge in [-0.2, -0.15) is 0 Å². The molecule has 0 fully saturated rings. The van der Waals surface area contributed by atoms with E-state index in [9.17, 15) is 18.8 Å². The Bertz CT molecular complexity index is 985. The monoisotopic (exact) mass is 420 g/mol. The average Bonchev–Trinajstić information content (AvgIpc) is 2.79. The van der Waals surface area contributed by atoms with Gasteiger partial charge in [0.15, 0.2) is 6.61 Å². The van der Waals surface area contributed by atoms with Crippen LogP contribution in [0.5, 0.6) is 0 Å². The number of para-hydroxylation sites is 2.